The van der Waals surface area contributed by atoms with Crippen LogP contribution in [0.1, 0.15) is 0 Å². The van der Waals surface area contributed by atoms with Crippen molar-refractivity contribution in [2.24, 2.45) is 0 Å². The molecule has 0 aliphatic carbocycles. The maximum absolute atomic E-state index is 2.46. The van der Waals surface area contributed by atoms with Gasteiger partial charge in [-0.15, -0.1) is 0 Å². The summed E-state index contributed by atoms with van der Waals surface area (Å²) in [5.41, 5.74) is 31.2. The summed E-state index contributed by atoms with van der Waals surface area (Å²) in [6.45, 7) is 0. The highest BCUT2D eigenvalue weighted by Crippen LogP contribution is 2.46. The lowest BCUT2D eigenvalue weighted by Gasteiger charge is -2.13. The lowest BCUT2D eigenvalue weighted by Crippen LogP contribution is -1.95. The van der Waals surface area contributed by atoms with E-state index in [-0.39, 0.29) is 0 Å². The van der Waals surface area contributed by atoms with Crippen molar-refractivity contribution in [2.75, 3.05) is 0 Å². The summed E-state index contributed by atoms with van der Waals surface area (Å²) in [7, 11) is 0. The summed E-state index contributed by atoms with van der Waals surface area (Å²) in [4.78, 5) is 0. The summed E-state index contributed by atoms with van der Waals surface area (Å²) < 4.78 is 9.77. The van der Waals surface area contributed by atoms with E-state index in [1.165, 1.54) is 171 Å². The van der Waals surface area contributed by atoms with Crippen LogP contribution in [0, 0.1) is 0 Å². The molecule has 4 heterocycles. The van der Waals surface area contributed by atoms with Crippen LogP contribution in [0.2, 0.25) is 0 Å². The van der Waals surface area contributed by atoms with Crippen LogP contribution in [0.25, 0.3) is 188 Å². The molecule has 106 heavy (non-hydrogen) atoms. The minimum atomic E-state index is 1.14. The van der Waals surface area contributed by atoms with E-state index in [0.29, 0.717) is 0 Å². The van der Waals surface area contributed by atoms with E-state index in [2.05, 4.69) is 431 Å². The Kier molecular flexibility index (Phi) is 15.2. The van der Waals surface area contributed by atoms with Crippen LogP contribution in [0.5, 0.6) is 0 Å². The first-order valence-corrected chi connectivity index (χ1v) is 36.5. The molecule has 0 saturated heterocycles. The highest BCUT2D eigenvalue weighted by molar-refractivity contribution is 6.28. The molecule has 21 rings (SSSR count). The van der Waals surface area contributed by atoms with E-state index >= 15 is 0 Å². The van der Waals surface area contributed by atoms with Gasteiger partial charge in [0.25, 0.3) is 0 Å². The smallest absolute Gasteiger partial charge is 0.0641 e. The quantitative estimate of drug-likeness (QED) is 0.123. The second-order valence-corrected chi connectivity index (χ2v) is 27.5. The van der Waals surface area contributed by atoms with Crippen molar-refractivity contribution in [2.45, 2.75) is 0 Å². The summed E-state index contributed by atoms with van der Waals surface area (Å²) in [6.07, 6.45) is 0. The van der Waals surface area contributed by atoms with Gasteiger partial charge in [-0.2, -0.15) is 0 Å². The number of aromatic nitrogens is 4. The minimum Gasteiger partial charge on any atom is -0.309 e. The summed E-state index contributed by atoms with van der Waals surface area (Å²) in [5.74, 6) is 0. The van der Waals surface area contributed by atoms with Gasteiger partial charge in [0.1, 0.15) is 0 Å². The van der Waals surface area contributed by atoms with Crippen LogP contribution in [0.3, 0.4) is 0 Å². The minimum absolute atomic E-state index is 1.14. The lowest BCUT2D eigenvalue weighted by molar-refractivity contribution is 1.17. The van der Waals surface area contributed by atoms with E-state index in [9.17, 15) is 0 Å². The molecule has 0 saturated carbocycles. The molecule has 0 bridgehead atoms. The second-order valence-electron chi connectivity index (χ2n) is 27.5. The van der Waals surface area contributed by atoms with Crippen molar-refractivity contribution in [1.82, 2.24) is 18.3 Å². The number of hydrogen-bond donors (Lipinski definition) is 0. The van der Waals surface area contributed by atoms with Gasteiger partial charge in [-0.1, -0.05) is 291 Å². The normalized spacial score (nSPS) is 11.6. The molecular formula is C102H68N4. The van der Waals surface area contributed by atoms with Crippen molar-refractivity contribution in [1.29, 1.82) is 0 Å². The van der Waals surface area contributed by atoms with Crippen LogP contribution in [0.4, 0.5) is 0 Å². The van der Waals surface area contributed by atoms with Crippen LogP contribution in [-0.4, -0.2) is 18.3 Å². The van der Waals surface area contributed by atoms with Crippen LogP contribution in [-0.2, 0) is 0 Å². The standard InChI is InChI=1S/C54H36N2.C48H32N2/c1-4-14-37(15-5-1)40-24-30-46(31-25-40)56-50-22-12-10-20-47(50)48-32-33-52-53(54(48)56)49-21-11-13-23-51(49)55(52)45-28-26-41(27-29-45)44-35-42(38-16-6-2-7-17-38)34-43(36-44)39-18-8-3-9-19-39;1-4-14-33(15-5-1)36-30-37(34-16-6-2-7-17-34)32-38(31-36)35-24-26-40(27-25-35)49-45-23-13-11-21-43(45)47-46(49)29-28-42-41-20-10-12-22-44(41)50(48(42)47)39-18-8-3-9-19-39/h1-36H;1-32H. The van der Waals surface area contributed by atoms with Crippen molar-refractivity contribution in [3.63, 3.8) is 0 Å². The van der Waals surface area contributed by atoms with Crippen LogP contribution >= 0.6 is 0 Å². The average Bonchev–Trinajstić information content (AvgIpc) is 1.55. The van der Waals surface area contributed by atoms with E-state index in [1.807, 2.05) is 0 Å². The van der Waals surface area contributed by atoms with E-state index < -0.39 is 0 Å². The predicted molar refractivity (Wildman–Crippen MR) is 448 cm³/mol. The third kappa shape index (κ3) is 10.7. The number of nitrogens with zero attached hydrogens (tertiary/aromatic N) is 4. The Morgan fingerprint density at radius 3 is 0.651 bits per heavy atom. The maximum atomic E-state index is 2.46. The van der Waals surface area contributed by atoms with Gasteiger partial charge in [-0.3, -0.25) is 0 Å². The molecule has 0 fully saturated rings. The van der Waals surface area contributed by atoms with Gasteiger partial charge in [-0.25, -0.2) is 0 Å². The van der Waals surface area contributed by atoms with Crippen molar-refractivity contribution in [3.8, 4) is 101 Å². The fourth-order valence-corrected chi connectivity index (χ4v) is 16.5. The predicted octanol–water partition coefficient (Wildman–Crippen LogP) is 27.4. The molecular weight excluding hydrogens is 1280 g/mol. The summed E-state index contributed by atoms with van der Waals surface area (Å²) in [6, 6.07) is 150. The molecule has 4 aromatic heterocycles. The summed E-state index contributed by atoms with van der Waals surface area (Å²) >= 11 is 0. The highest BCUT2D eigenvalue weighted by Gasteiger charge is 2.24. The number of benzene rings is 17. The molecule has 0 spiro atoms. The number of fused-ring (bicyclic) bond motifs is 14. The lowest BCUT2D eigenvalue weighted by atomic mass is 9.93. The fraction of sp³-hybridized carbons (Fsp3) is 0. The Hall–Kier alpha value is -14.1. The molecule has 0 radical (unpaired) electrons. The zero-order valence-corrected chi connectivity index (χ0v) is 58.0. The Morgan fingerprint density at radius 2 is 0.340 bits per heavy atom. The van der Waals surface area contributed by atoms with Crippen molar-refractivity contribution < 1.29 is 0 Å². The topological polar surface area (TPSA) is 19.7 Å². The first-order valence-electron chi connectivity index (χ1n) is 36.5. The van der Waals surface area contributed by atoms with Gasteiger partial charge in [0.15, 0.2) is 0 Å². The molecule has 496 valence electrons. The Labute approximate surface area is 614 Å². The highest BCUT2D eigenvalue weighted by atomic mass is 15.0. The molecule has 0 atom stereocenters. The second kappa shape index (κ2) is 26.1. The average molecular weight is 1350 g/mol. The Morgan fingerprint density at radius 1 is 0.123 bits per heavy atom. The Bertz CT molecular complexity index is 6740. The maximum Gasteiger partial charge on any atom is 0.0641 e. The molecule has 0 unspecified atom stereocenters. The third-order valence-corrected chi connectivity index (χ3v) is 21.4. The molecule has 0 amide bonds. The SMILES string of the molecule is c1ccc(-c2cc(-c3ccccc3)cc(-c3ccc(-n4c5ccccc5c5c4ccc4c6ccccc6n(-c6ccccc6)c45)cc3)c2)cc1.c1ccc(-c2ccc(-n3c4ccccc4c4ccc5c(c6ccccc6n5-c5ccc(-c6cc(-c7ccccc7)cc(-c7ccccc7)c6)cc5)c43)cc2)cc1. The zero-order chi connectivity index (χ0) is 70.0. The van der Waals surface area contributed by atoms with E-state index in [1.54, 1.807) is 0 Å². The van der Waals surface area contributed by atoms with Crippen molar-refractivity contribution in [3.05, 3.63) is 413 Å². The van der Waals surface area contributed by atoms with Crippen LogP contribution < -0.4 is 0 Å². The molecule has 17 aromatic carbocycles. The zero-order valence-electron chi connectivity index (χ0n) is 58.0. The number of para-hydroxylation sites is 5. The number of rotatable bonds is 11. The third-order valence-electron chi connectivity index (χ3n) is 21.4. The first-order chi connectivity index (χ1) is 52.6. The molecule has 0 aliphatic rings. The fourth-order valence-electron chi connectivity index (χ4n) is 16.5. The summed E-state index contributed by atoms with van der Waals surface area (Å²) in [5, 5.41) is 10.1. The van der Waals surface area contributed by atoms with Crippen molar-refractivity contribution >= 4 is 87.2 Å². The molecule has 4 heteroatoms. The van der Waals surface area contributed by atoms with Crippen LogP contribution in [0.15, 0.2) is 413 Å². The van der Waals surface area contributed by atoms with E-state index in [4.69, 9.17) is 0 Å². The molecule has 0 aliphatic heterocycles. The van der Waals surface area contributed by atoms with Gasteiger partial charge >= 0.3 is 0 Å². The molecule has 21 aromatic rings. The van der Waals surface area contributed by atoms with Gasteiger partial charge in [0, 0.05) is 65.8 Å². The van der Waals surface area contributed by atoms with Gasteiger partial charge < -0.3 is 18.3 Å². The first kappa shape index (κ1) is 61.8. The Balaban J connectivity index is 0.000000141. The largest absolute Gasteiger partial charge is 0.309 e. The van der Waals surface area contributed by atoms with Gasteiger partial charge in [0.2, 0.25) is 0 Å². The number of hydrogen-bond acceptors (Lipinski definition) is 0. The van der Waals surface area contributed by atoms with E-state index in [0.717, 1.165) is 17.1 Å². The molecule has 4 nitrogen and oxygen atoms in total. The molecule has 0 N–H and O–H groups in total. The van der Waals surface area contributed by atoms with Gasteiger partial charge in [0.05, 0.1) is 44.1 Å². The van der Waals surface area contributed by atoms with Gasteiger partial charge in [-0.05, 0) is 199 Å². The monoisotopic (exact) mass is 1350 g/mol.